The zero-order valence-electron chi connectivity index (χ0n) is 47.2. The third kappa shape index (κ3) is 58.1. The van der Waals surface area contributed by atoms with Crippen LogP contribution in [0.4, 0.5) is 0 Å². The molecular formula is C67H119NO3. The number of rotatable bonds is 56. The van der Waals surface area contributed by atoms with Crippen LogP contribution in [0.1, 0.15) is 303 Å². The molecule has 0 saturated carbocycles. The molecule has 4 heteroatoms. The molecule has 0 aliphatic heterocycles. The highest BCUT2D eigenvalue weighted by Crippen LogP contribution is 2.17. The quantitative estimate of drug-likeness (QED) is 0.0420. The Labute approximate surface area is 443 Å². The van der Waals surface area contributed by atoms with Crippen LogP contribution in [-0.2, 0) is 4.79 Å². The second-order valence-electron chi connectivity index (χ2n) is 20.7. The maximum atomic E-state index is 12.5. The van der Waals surface area contributed by atoms with Crippen molar-refractivity contribution < 1.29 is 15.0 Å². The van der Waals surface area contributed by atoms with Crippen molar-refractivity contribution >= 4 is 5.91 Å². The number of amides is 1. The van der Waals surface area contributed by atoms with Gasteiger partial charge in [-0.2, -0.15) is 0 Å². The molecule has 0 spiro atoms. The van der Waals surface area contributed by atoms with Crippen LogP contribution < -0.4 is 5.32 Å². The molecule has 0 saturated heterocycles. The van der Waals surface area contributed by atoms with Crippen molar-refractivity contribution in [2.45, 2.75) is 315 Å². The van der Waals surface area contributed by atoms with Gasteiger partial charge in [-0.15, -0.1) is 0 Å². The van der Waals surface area contributed by atoms with Gasteiger partial charge in [0.05, 0.1) is 18.8 Å². The molecule has 0 bridgehead atoms. The lowest BCUT2D eigenvalue weighted by Crippen LogP contribution is -2.45. The zero-order valence-corrected chi connectivity index (χ0v) is 47.2. The molecule has 2 unspecified atom stereocenters. The van der Waals surface area contributed by atoms with Gasteiger partial charge in [-0.25, -0.2) is 0 Å². The summed E-state index contributed by atoms with van der Waals surface area (Å²) >= 11 is 0. The zero-order chi connectivity index (χ0) is 51.3. The summed E-state index contributed by atoms with van der Waals surface area (Å²) in [6.07, 6.45) is 91.8. The normalized spacial score (nSPS) is 13.5. The van der Waals surface area contributed by atoms with Crippen molar-refractivity contribution in [3.05, 3.63) is 97.2 Å². The molecule has 0 aromatic heterocycles. The lowest BCUT2D eigenvalue weighted by atomic mass is 10.0. The van der Waals surface area contributed by atoms with Crippen LogP contribution in [-0.4, -0.2) is 34.9 Å². The van der Waals surface area contributed by atoms with Gasteiger partial charge < -0.3 is 15.5 Å². The minimum atomic E-state index is -0.872. The van der Waals surface area contributed by atoms with Gasteiger partial charge in [-0.1, -0.05) is 304 Å². The van der Waals surface area contributed by atoms with E-state index in [9.17, 15) is 15.0 Å². The second kappa shape index (κ2) is 61.6. The average molecular weight is 987 g/mol. The van der Waals surface area contributed by atoms with Crippen LogP contribution in [0.2, 0.25) is 0 Å². The van der Waals surface area contributed by atoms with Crippen LogP contribution in [0.5, 0.6) is 0 Å². The van der Waals surface area contributed by atoms with Crippen LogP contribution in [0.15, 0.2) is 97.2 Å². The number of unbranched alkanes of at least 4 members (excludes halogenated alkanes) is 35. The first-order valence-corrected chi connectivity index (χ1v) is 31.0. The number of nitrogens with one attached hydrogen (secondary N) is 1. The fourth-order valence-corrected chi connectivity index (χ4v) is 9.12. The minimum absolute atomic E-state index is 0.0754. The predicted molar refractivity (Wildman–Crippen MR) is 317 cm³/mol. The Hall–Kier alpha value is -2.69. The summed E-state index contributed by atoms with van der Waals surface area (Å²) in [6.45, 7) is 4.19. The van der Waals surface area contributed by atoms with Crippen molar-refractivity contribution in [3.8, 4) is 0 Å². The minimum Gasteiger partial charge on any atom is -0.394 e. The van der Waals surface area contributed by atoms with E-state index in [-0.39, 0.29) is 12.5 Å². The fraction of sp³-hybridized carbons (Fsp3) is 0.746. The molecule has 0 heterocycles. The van der Waals surface area contributed by atoms with Gasteiger partial charge in [0, 0.05) is 6.42 Å². The first-order valence-electron chi connectivity index (χ1n) is 31.0. The largest absolute Gasteiger partial charge is 0.394 e. The summed E-state index contributed by atoms with van der Waals surface area (Å²) in [5.74, 6) is -0.0754. The predicted octanol–water partition coefficient (Wildman–Crippen LogP) is 20.9. The van der Waals surface area contributed by atoms with E-state index >= 15 is 0 Å². The molecule has 3 N–H and O–H groups in total. The summed E-state index contributed by atoms with van der Waals surface area (Å²) in [6, 6.07) is -0.648. The van der Waals surface area contributed by atoms with Gasteiger partial charge in [0.2, 0.25) is 5.91 Å². The van der Waals surface area contributed by atoms with Crippen molar-refractivity contribution in [2.24, 2.45) is 0 Å². The van der Waals surface area contributed by atoms with Gasteiger partial charge in [-0.3, -0.25) is 4.79 Å². The Balaban J connectivity index is 3.46. The number of aliphatic hydroxyl groups is 2. The van der Waals surface area contributed by atoms with E-state index in [1.54, 1.807) is 6.08 Å². The summed E-state index contributed by atoms with van der Waals surface area (Å²) < 4.78 is 0. The molecule has 2 atom stereocenters. The molecule has 0 aliphatic carbocycles. The second-order valence-corrected chi connectivity index (χ2v) is 20.7. The van der Waals surface area contributed by atoms with E-state index in [0.717, 1.165) is 70.6 Å². The average Bonchev–Trinajstić information content (AvgIpc) is 3.37. The van der Waals surface area contributed by atoms with Gasteiger partial charge in [-0.05, 0) is 89.9 Å². The Morgan fingerprint density at radius 1 is 0.352 bits per heavy atom. The number of hydrogen-bond acceptors (Lipinski definition) is 3. The van der Waals surface area contributed by atoms with Gasteiger partial charge >= 0.3 is 0 Å². The third-order valence-electron chi connectivity index (χ3n) is 13.8. The highest BCUT2D eigenvalue weighted by molar-refractivity contribution is 5.76. The summed E-state index contributed by atoms with van der Waals surface area (Å²) in [4.78, 5) is 12.5. The van der Waals surface area contributed by atoms with Crippen molar-refractivity contribution in [2.75, 3.05) is 6.61 Å². The van der Waals surface area contributed by atoms with E-state index in [1.807, 2.05) is 6.08 Å². The van der Waals surface area contributed by atoms with E-state index in [1.165, 1.54) is 212 Å². The standard InChI is InChI=1S/C67H119NO3/c1-3-5-7-9-11-13-15-17-19-21-23-24-25-26-27-28-29-30-31-32-33-34-35-36-37-38-39-40-41-42-43-44-45-47-49-51-53-55-57-59-61-63-67(71)68-65(64-69)66(70)62-60-58-56-54-52-50-48-46-22-20-18-16-14-12-10-8-6-4-2/h5,7,11,13,17,19,22-24,26-27,46,52,54,60,62,65-66,69-70H,3-4,6,8-10,12,14-16,18,20-21,25,28-45,47-51,53,55-59,61,63-64H2,1-2H3,(H,68,71)/b7-5-,13-11-,19-17-,24-23-,27-26-,46-22+,54-52+,62-60+. The molecule has 0 radical (unpaired) electrons. The van der Waals surface area contributed by atoms with Gasteiger partial charge in [0.1, 0.15) is 0 Å². The summed E-state index contributed by atoms with van der Waals surface area (Å²) in [7, 11) is 0. The number of carbonyl (C=O) groups is 1. The molecule has 0 fully saturated rings. The van der Waals surface area contributed by atoms with E-state index < -0.39 is 12.1 Å². The molecule has 0 aromatic rings. The first-order chi connectivity index (χ1) is 35.2. The molecule has 71 heavy (non-hydrogen) atoms. The number of allylic oxidation sites excluding steroid dienone is 15. The van der Waals surface area contributed by atoms with Crippen molar-refractivity contribution in [3.63, 3.8) is 0 Å². The summed E-state index contributed by atoms with van der Waals surface area (Å²) in [5.41, 5.74) is 0. The lowest BCUT2D eigenvalue weighted by molar-refractivity contribution is -0.123. The van der Waals surface area contributed by atoms with Gasteiger partial charge in [0.15, 0.2) is 0 Å². The Kier molecular flexibility index (Phi) is 59.3. The molecule has 0 aromatic carbocycles. The lowest BCUT2D eigenvalue weighted by Gasteiger charge is -2.19. The topological polar surface area (TPSA) is 69.6 Å². The van der Waals surface area contributed by atoms with E-state index in [2.05, 4.69) is 104 Å². The van der Waals surface area contributed by atoms with E-state index in [4.69, 9.17) is 0 Å². The highest BCUT2D eigenvalue weighted by atomic mass is 16.3. The van der Waals surface area contributed by atoms with E-state index in [0.29, 0.717) is 6.42 Å². The molecule has 0 aliphatic rings. The monoisotopic (exact) mass is 986 g/mol. The fourth-order valence-electron chi connectivity index (χ4n) is 9.12. The van der Waals surface area contributed by atoms with Crippen LogP contribution in [0.3, 0.4) is 0 Å². The maximum Gasteiger partial charge on any atom is 0.220 e. The summed E-state index contributed by atoms with van der Waals surface area (Å²) in [5, 5.41) is 23.1. The number of hydrogen-bond donors (Lipinski definition) is 3. The smallest absolute Gasteiger partial charge is 0.220 e. The molecule has 1 amide bonds. The third-order valence-corrected chi connectivity index (χ3v) is 13.8. The van der Waals surface area contributed by atoms with Crippen molar-refractivity contribution in [1.29, 1.82) is 0 Å². The molecule has 410 valence electrons. The Bertz CT molecular complexity index is 1300. The highest BCUT2D eigenvalue weighted by Gasteiger charge is 2.18. The van der Waals surface area contributed by atoms with Crippen LogP contribution >= 0.6 is 0 Å². The molecule has 4 nitrogen and oxygen atoms in total. The number of aliphatic hydroxyl groups excluding tert-OH is 2. The first kappa shape index (κ1) is 68.3. The Morgan fingerprint density at radius 2 is 0.634 bits per heavy atom. The van der Waals surface area contributed by atoms with Crippen LogP contribution in [0, 0.1) is 0 Å². The molecule has 0 rings (SSSR count). The van der Waals surface area contributed by atoms with Crippen molar-refractivity contribution in [1.82, 2.24) is 5.32 Å². The van der Waals surface area contributed by atoms with Gasteiger partial charge in [0.25, 0.3) is 0 Å². The SMILES string of the molecule is CC/C=C\C/C=C\C/C=C\C/C=C\C/C=C\CCCCCCCCCCCCCCCCCCCCCCCCCCCC(=O)NC(CO)C(O)/C=C/CC/C=C/CC/C=C/CCCCCCCCCC. The Morgan fingerprint density at radius 3 is 0.986 bits per heavy atom. The number of carbonyl (C=O) groups excluding carboxylic acids is 1. The maximum absolute atomic E-state index is 12.5. The molecular weight excluding hydrogens is 867 g/mol. The van der Waals surface area contributed by atoms with Crippen LogP contribution in [0.25, 0.3) is 0 Å².